The van der Waals surface area contributed by atoms with Crippen LogP contribution in [0.2, 0.25) is 0 Å². The highest BCUT2D eigenvalue weighted by atomic mass is 79.9. The third kappa shape index (κ3) is 3.39. The fourth-order valence-electron chi connectivity index (χ4n) is 1.69. The molecule has 1 aromatic heterocycles. The van der Waals surface area contributed by atoms with Crippen LogP contribution in [0, 0.1) is 0 Å². The first-order valence-corrected chi connectivity index (χ1v) is 7.04. The molecule has 0 spiro atoms. The Morgan fingerprint density at radius 3 is 2.65 bits per heavy atom. The van der Waals surface area contributed by atoms with Crippen molar-refractivity contribution >= 4 is 33.3 Å². The summed E-state index contributed by atoms with van der Waals surface area (Å²) in [4.78, 5) is 8.67. The molecule has 2 rings (SSSR count). The van der Waals surface area contributed by atoms with E-state index in [9.17, 15) is 0 Å². The van der Waals surface area contributed by atoms with E-state index < -0.39 is 0 Å². The van der Waals surface area contributed by atoms with Crippen LogP contribution in [0.3, 0.4) is 0 Å². The number of benzene rings is 1. The van der Waals surface area contributed by atoms with Crippen LogP contribution in [0.4, 0.5) is 17.3 Å². The number of halogens is 1. The summed E-state index contributed by atoms with van der Waals surface area (Å²) in [7, 11) is 1.63. The standard InChI is InChI=1S/C14H17BrN4O/c1-8(2)14-18-12(16)7-13(19-14)17-9-4-5-10(15)11(6-9)20-3/h4-8H,1-3H3,(H3,16,17,18,19). The van der Waals surface area contributed by atoms with Gasteiger partial charge in [-0.1, -0.05) is 13.8 Å². The van der Waals surface area contributed by atoms with Gasteiger partial charge in [-0.2, -0.15) is 0 Å². The molecule has 0 aliphatic rings. The molecule has 3 N–H and O–H groups in total. The van der Waals surface area contributed by atoms with Gasteiger partial charge in [-0.05, 0) is 28.1 Å². The highest BCUT2D eigenvalue weighted by Crippen LogP contribution is 2.29. The van der Waals surface area contributed by atoms with E-state index in [0.717, 1.165) is 21.7 Å². The minimum Gasteiger partial charge on any atom is -0.495 e. The van der Waals surface area contributed by atoms with Crippen LogP contribution in [-0.2, 0) is 0 Å². The molecular formula is C14H17BrN4O. The van der Waals surface area contributed by atoms with E-state index in [1.54, 1.807) is 13.2 Å². The molecule has 6 heteroatoms. The van der Waals surface area contributed by atoms with E-state index in [1.165, 1.54) is 0 Å². The number of nitrogen functional groups attached to an aromatic ring is 1. The number of hydrogen-bond acceptors (Lipinski definition) is 5. The van der Waals surface area contributed by atoms with Crippen LogP contribution < -0.4 is 15.8 Å². The number of methoxy groups -OCH3 is 1. The van der Waals surface area contributed by atoms with Gasteiger partial charge in [-0.15, -0.1) is 0 Å². The van der Waals surface area contributed by atoms with E-state index in [2.05, 4.69) is 31.2 Å². The van der Waals surface area contributed by atoms with Crippen LogP contribution in [0.1, 0.15) is 25.6 Å². The van der Waals surface area contributed by atoms with E-state index in [4.69, 9.17) is 10.5 Å². The van der Waals surface area contributed by atoms with Crippen molar-refractivity contribution in [2.24, 2.45) is 0 Å². The fraction of sp³-hybridized carbons (Fsp3) is 0.286. The second-order valence-electron chi connectivity index (χ2n) is 4.67. The number of nitrogens with zero attached hydrogens (tertiary/aromatic N) is 2. The normalized spacial score (nSPS) is 10.7. The van der Waals surface area contributed by atoms with Crippen LogP contribution >= 0.6 is 15.9 Å². The highest BCUT2D eigenvalue weighted by molar-refractivity contribution is 9.10. The number of anilines is 3. The lowest BCUT2D eigenvalue weighted by Gasteiger charge is -2.11. The monoisotopic (exact) mass is 336 g/mol. The van der Waals surface area contributed by atoms with Crippen molar-refractivity contribution in [1.29, 1.82) is 0 Å². The van der Waals surface area contributed by atoms with Gasteiger partial charge in [-0.3, -0.25) is 0 Å². The maximum atomic E-state index is 5.81. The molecule has 2 aromatic rings. The summed E-state index contributed by atoms with van der Waals surface area (Å²) in [5.41, 5.74) is 6.68. The van der Waals surface area contributed by atoms with Gasteiger partial charge in [0, 0.05) is 23.7 Å². The van der Waals surface area contributed by atoms with Gasteiger partial charge >= 0.3 is 0 Å². The van der Waals surface area contributed by atoms with Gasteiger partial charge in [0.2, 0.25) is 0 Å². The minimum atomic E-state index is 0.221. The summed E-state index contributed by atoms with van der Waals surface area (Å²) in [5, 5.41) is 3.21. The number of aromatic nitrogens is 2. The maximum absolute atomic E-state index is 5.81. The Labute approximate surface area is 126 Å². The summed E-state index contributed by atoms with van der Waals surface area (Å²) in [6.07, 6.45) is 0. The smallest absolute Gasteiger partial charge is 0.136 e. The number of nitrogens with one attached hydrogen (secondary N) is 1. The summed E-state index contributed by atoms with van der Waals surface area (Å²) >= 11 is 3.42. The predicted octanol–water partition coefficient (Wildman–Crippen LogP) is 3.70. The second-order valence-corrected chi connectivity index (χ2v) is 5.52. The number of rotatable bonds is 4. The molecule has 1 heterocycles. The zero-order chi connectivity index (χ0) is 14.7. The molecule has 0 aliphatic carbocycles. The summed E-state index contributed by atoms with van der Waals surface area (Å²) in [6.45, 7) is 4.06. The maximum Gasteiger partial charge on any atom is 0.136 e. The van der Waals surface area contributed by atoms with Gasteiger partial charge in [0.1, 0.15) is 23.2 Å². The van der Waals surface area contributed by atoms with Gasteiger partial charge in [0.05, 0.1) is 11.6 Å². The Bertz CT molecular complexity index is 616. The van der Waals surface area contributed by atoms with Crippen molar-refractivity contribution < 1.29 is 4.74 Å². The number of ether oxygens (including phenoxy) is 1. The van der Waals surface area contributed by atoms with Crippen LogP contribution in [0.5, 0.6) is 5.75 Å². The van der Waals surface area contributed by atoms with Crippen LogP contribution in [-0.4, -0.2) is 17.1 Å². The van der Waals surface area contributed by atoms with E-state index in [0.29, 0.717) is 11.6 Å². The minimum absolute atomic E-state index is 0.221. The van der Waals surface area contributed by atoms with Crippen molar-refractivity contribution in [1.82, 2.24) is 9.97 Å². The molecule has 5 nitrogen and oxygen atoms in total. The van der Waals surface area contributed by atoms with Gasteiger partial charge < -0.3 is 15.8 Å². The second kappa shape index (κ2) is 6.09. The van der Waals surface area contributed by atoms with E-state index >= 15 is 0 Å². The predicted molar refractivity (Wildman–Crippen MR) is 84.5 cm³/mol. The van der Waals surface area contributed by atoms with Crippen molar-refractivity contribution in [2.75, 3.05) is 18.2 Å². The zero-order valence-corrected chi connectivity index (χ0v) is 13.2. The summed E-state index contributed by atoms with van der Waals surface area (Å²) in [6, 6.07) is 7.44. The fourth-order valence-corrected chi connectivity index (χ4v) is 2.10. The molecule has 106 valence electrons. The Morgan fingerprint density at radius 2 is 2.00 bits per heavy atom. The molecule has 0 atom stereocenters. The molecule has 0 unspecified atom stereocenters. The molecule has 0 aliphatic heterocycles. The first kappa shape index (κ1) is 14.6. The van der Waals surface area contributed by atoms with Crippen molar-refractivity contribution in [3.8, 4) is 5.75 Å². The lowest BCUT2D eigenvalue weighted by Crippen LogP contribution is -2.04. The third-order valence-corrected chi connectivity index (χ3v) is 3.36. The molecule has 20 heavy (non-hydrogen) atoms. The van der Waals surface area contributed by atoms with E-state index in [1.807, 2.05) is 32.0 Å². The third-order valence-electron chi connectivity index (χ3n) is 2.70. The van der Waals surface area contributed by atoms with Crippen LogP contribution in [0.25, 0.3) is 0 Å². The Hall–Kier alpha value is -1.82. The first-order chi connectivity index (χ1) is 9.49. The highest BCUT2D eigenvalue weighted by Gasteiger charge is 2.08. The first-order valence-electron chi connectivity index (χ1n) is 6.24. The molecule has 0 fully saturated rings. The number of hydrogen-bond donors (Lipinski definition) is 2. The topological polar surface area (TPSA) is 73.1 Å². The van der Waals surface area contributed by atoms with Crippen LogP contribution in [0.15, 0.2) is 28.7 Å². The molecule has 0 radical (unpaired) electrons. The molecule has 0 bridgehead atoms. The molecule has 0 saturated carbocycles. The largest absolute Gasteiger partial charge is 0.495 e. The van der Waals surface area contributed by atoms with E-state index in [-0.39, 0.29) is 5.92 Å². The molecule has 1 aromatic carbocycles. The van der Waals surface area contributed by atoms with Gasteiger partial charge in [-0.25, -0.2) is 9.97 Å². The number of nitrogens with two attached hydrogens (primary N) is 1. The molecule has 0 saturated heterocycles. The van der Waals surface area contributed by atoms with Gasteiger partial charge in [0.25, 0.3) is 0 Å². The van der Waals surface area contributed by atoms with Crippen molar-refractivity contribution in [3.63, 3.8) is 0 Å². The Morgan fingerprint density at radius 1 is 1.25 bits per heavy atom. The average Bonchev–Trinajstić information content (AvgIpc) is 2.40. The van der Waals surface area contributed by atoms with Crippen molar-refractivity contribution in [3.05, 3.63) is 34.6 Å². The molecule has 0 amide bonds. The molecular weight excluding hydrogens is 320 g/mol. The van der Waals surface area contributed by atoms with Gasteiger partial charge in [0.15, 0.2) is 0 Å². The zero-order valence-electron chi connectivity index (χ0n) is 11.6. The Kier molecular flexibility index (Phi) is 4.44. The van der Waals surface area contributed by atoms with Crippen molar-refractivity contribution in [2.45, 2.75) is 19.8 Å². The summed E-state index contributed by atoms with van der Waals surface area (Å²) in [5.74, 6) is 2.82. The lowest BCUT2D eigenvalue weighted by molar-refractivity contribution is 0.412. The quantitative estimate of drug-likeness (QED) is 0.890. The Balaban J connectivity index is 2.30. The average molecular weight is 337 g/mol. The SMILES string of the molecule is COc1cc(Nc2cc(N)nc(C(C)C)n2)ccc1Br. The summed E-state index contributed by atoms with van der Waals surface area (Å²) < 4.78 is 6.16. The lowest BCUT2D eigenvalue weighted by atomic mass is 10.2.